The first-order chi connectivity index (χ1) is 9.18. The Hall–Kier alpha value is -0.313. The number of hydrogen-bond acceptors (Lipinski definition) is 0. The van der Waals surface area contributed by atoms with E-state index in [-0.39, 0.29) is 0 Å². The molecule has 0 saturated carbocycles. The van der Waals surface area contributed by atoms with Gasteiger partial charge in [-0.1, -0.05) is 0 Å². The first kappa shape index (κ1) is 13.7. The van der Waals surface area contributed by atoms with E-state index in [0.717, 1.165) is 0 Å². The first-order valence-corrected chi connectivity index (χ1v) is 9.61. The maximum atomic E-state index is 2.35. The molecule has 0 aromatic rings. The van der Waals surface area contributed by atoms with E-state index < -0.39 is 31.5 Å². The number of allylic oxidation sites excluding steroid dienone is 12. The van der Waals surface area contributed by atoms with Crippen LogP contribution < -0.4 is 0 Å². The Morgan fingerprint density at radius 3 is 1.16 bits per heavy atom. The Kier molecular flexibility index (Phi) is 4.02. The van der Waals surface area contributed by atoms with Crippen LogP contribution in [0.2, 0.25) is 0 Å². The van der Waals surface area contributed by atoms with Crippen LogP contribution in [0, 0.1) is 31.5 Å². The zero-order valence-corrected chi connectivity index (χ0v) is 13.7. The zero-order valence-electron chi connectivity index (χ0n) is 11.9. The van der Waals surface area contributed by atoms with Gasteiger partial charge in [-0.3, -0.25) is 0 Å². The molecular formula is C18H21Er. The van der Waals surface area contributed by atoms with E-state index in [2.05, 4.69) is 57.2 Å². The average Bonchev–Trinajstić information content (AvgIpc) is 3.07. The van der Waals surface area contributed by atoms with Gasteiger partial charge < -0.3 is 0 Å². The Bertz CT molecular complexity index is 506. The van der Waals surface area contributed by atoms with Crippen LogP contribution in [-0.2, 0) is 0 Å². The molecule has 0 bridgehead atoms. The molecule has 0 aromatic carbocycles. The topological polar surface area (TPSA) is 0 Å². The quantitative estimate of drug-likeness (QED) is 0.598. The fourth-order valence-electron chi connectivity index (χ4n) is 2.55. The van der Waals surface area contributed by atoms with Gasteiger partial charge in [0.25, 0.3) is 0 Å². The Labute approximate surface area is 129 Å². The molecule has 0 aromatic heterocycles. The van der Waals surface area contributed by atoms with Gasteiger partial charge in [-0.05, 0) is 0 Å². The molecule has 0 unspecified atom stereocenters. The molecule has 3 rings (SSSR count). The summed E-state index contributed by atoms with van der Waals surface area (Å²) in [6.07, 6.45) is 17.6. The van der Waals surface area contributed by atoms with Crippen LogP contribution in [0.15, 0.2) is 58.4 Å². The van der Waals surface area contributed by atoms with Crippen molar-refractivity contribution in [2.75, 3.05) is 0 Å². The van der Waals surface area contributed by atoms with Crippen molar-refractivity contribution in [3.8, 4) is 0 Å². The second kappa shape index (κ2) is 5.59. The van der Waals surface area contributed by atoms with Crippen LogP contribution in [0.1, 0.15) is 40.0 Å². The average molecular weight is 405 g/mol. The van der Waals surface area contributed by atoms with Crippen molar-refractivity contribution >= 4 is 0 Å². The van der Waals surface area contributed by atoms with Gasteiger partial charge in [0.15, 0.2) is 0 Å². The Morgan fingerprint density at radius 1 is 0.632 bits per heavy atom. The number of rotatable bonds is 3. The van der Waals surface area contributed by atoms with Crippen molar-refractivity contribution in [1.29, 1.82) is 0 Å². The third-order valence-corrected chi connectivity index (χ3v) is 10.3. The summed E-state index contributed by atoms with van der Waals surface area (Å²) in [5, 5.41) is 0. The molecule has 0 atom stereocenters. The van der Waals surface area contributed by atoms with E-state index >= 15 is 0 Å². The molecule has 0 heterocycles. The molecule has 0 spiro atoms. The first-order valence-electron chi connectivity index (χ1n) is 6.83. The van der Waals surface area contributed by atoms with E-state index in [1.54, 1.807) is 5.20 Å². The molecule has 19 heavy (non-hydrogen) atoms. The van der Waals surface area contributed by atoms with Crippen molar-refractivity contribution in [3.05, 3.63) is 58.4 Å². The van der Waals surface area contributed by atoms with Gasteiger partial charge in [0.2, 0.25) is 0 Å². The van der Waals surface area contributed by atoms with E-state index in [0.29, 0.717) is 0 Å². The predicted octanol–water partition coefficient (Wildman–Crippen LogP) is 5.31. The summed E-state index contributed by atoms with van der Waals surface area (Å²) in [7, 11) is 0. The Balaban J connectivity index is 2.06. The molecule has 0 amide bonds. The van der Waals surface area contributed by atoms with E-state index in [9.17, 15) is 0 Å². The Morgan fingerprint density at radius 2 is 0.947 bits per heavy atom. The molecule has 0 aliphatic heterocycles. The van der Waals surface area contributed by atoms with Crippen LogP contribution >= 0.6 is 0 Å². The molecular weight excluding hydrogens is 383 g/mol. The van der Waals surface area contributed by atoms with E-state index in [1.165, 1.54) is 36.0 Å². The van der Waals surface area contributed by atoms with Gasteiger partial charge in [-0.2, -0.15) is 0 Å². The normalized spacial score (nSPS) is 22.6. The molecule has 0 N–H and O–H groups in total. The van der Waals surface area contributed by atoms with E-state index in [4.69, 9.17) is 0 Å². The summed E-state index contributed by atoms with van der Waals surface area (Å²) in [6, 6.07) is 0. The number of hydrogen-bond donors (Lipinski definition) is 0. The van der Waals surface area contributed by atoms with Crippen LogP contribution in [0.5, 0.6) is 0 Å². The summed E-state index contributed by atoms with van der Waals surface area (Å²) in [5.41, 5.74) is 4.61. The van der Waals surface area contributed by atoms with Crippen LogP contribution in [0.25, 0.3) is 0 Å². The summed E-state index contributed by atoms with van der Waals surface area (Å²) >= 11 is -1.11. The predicted molar refractivity (Wildman–Crippen MR) is 79.4 cm³/mol. The molecule has 0 saturated heterocycles. The third-order valence-electron chi connectivity index (χ3n) is 3.64. The molecule has 3 aliphatic rings. The van der Waals surface area contributed by atoms with Crippen LogP contribution in [0.4, 0.5) is 0 Å². The van der Waals surface area contributed by atoms with Crippen LogP contribution in [-0.4, -0.2) is 0 Å². The minimum absolute atomic E-state index is 1.11. The molecule has 105 valence electrons. The standard InChI is InChI=1S/3C6H7.Er/c3*1-6-4-2-3-5-6;/h3*2,4H,3H2,1H3;. The third kappa shape index (κ3) is 2.50. The summed E-state index contributed by atoms with van der Waals surface area (Å²) in [4.78, 5) is 0. The summed E-state index contributed by atoms with van der Waals surface area (Å²) < 4.78 is 5.28. The van der Waals surface area contributed by atoms with Crippen molar-refractivity contribution in [2.24, 2.45) is 0 Å². The minimum atomic E-state index is -1.11. The van der Waals surface area contributed by atoms with E-state index in [1.807, 2.05) is 0 Å². The summed E-state index contributed by atoms with van der Waals surface area (Å²) in [5.74, 6) is 0. The van der Waals surface area contributed by atoms with Gasteiger partial charge in [0.05, 0.1) is 0 Å². The summed E-state index contributed by atoms with van der Waals surface area (Å²) in [6.45, 7) is 6.90. The van der Waals surface area contributed by atoms with Gasteiger partial charge in [0.1, 0.15) is 0 Å². The molecule has 0 fully saturated rings. The van der Waals surface area contributed by atoms with Crippen LogP contribution in [0.3, 0.4) is 0 Å². The van der Waals surface area contributed by atoms with Crippen molar-refractivity contribution in [1.82, 2.24) is 0 Å². The van der Waals surface area contributed by atoms with Gasteiger partial charge in [0, 0.05) is 0 Å². The molecule has 3 aliphatic carbocycles. The fraction of sp³-hybridized carbons (Fsp3) is 0.333. The second-order valence-electron chi connectivity index (χ2n) is 5.14. The molecule has 0 radical (unpaired) electrons. The zero-order chi connectivity index (χ0) is 13.4. The maximum absolute atomic E-state index is 2.35. The molecule has 1 heteroatoms. The second-order valence-corrected chi connectivity index (χ2v) is 9.88. The fourth-order valence-corrected chi connectivity index (χ4v) is 9.02. The van der Waals surface area contributed by atoms with Gasteiger partial charge in [-0.25, -0.2) is 0 Å². The SMILES string of the molecule is CC1=[C]([Er]([C]2=C(C)C=CC2)[C]2=C(C)C=CC2)CC=C1. The van der Waals surface area contributed by atoms with Gasteiger partial charge in [-0.15, -0.1) is 0 Å². The monoisotopic (exact) mass is 403 g/mol. The van der Waals surface area contributed by atoms with Gasteiger partial charge >= 0.3 is 130 Å². The van der Waals surface area contributed by atoms with Crippen molar-refractivity contribution < 1.29 is 31.5 Å². The van der Waals surface area contributed by atoms with Crippen molar-refractivity contribution in [3.63, 3.8) is 0 Å². The molecule has 0 nitrogen and oxygen atoms in total. The van der Waals surface area contributed by atoms with Crippen molar-refractivity contribution in [2.45, 2.75) is 40.0 Å².